The summed E-state index contributed by atoms with van der Waals surface area (Å²) < 4.78 is 0. The fourth-order valence-corrected chi connectivity index (χ4v) is 5.63. The van der Waals surface area contributed by atoms with E-state index in [-0.39, 0.29) is 12.3 Å². The van der Waals surface area contributed by atoms with Crippen molar-refractivity contribution in [1.82, 2.24) is 31.9 Å². The first-order chi connectivity index (χ1) is 22.1. The van der Waals surface area contributed by atoms with Crippen LogP contribution in [0.1, 0.15) is 79.1 Å². The molecular formula is C30H49N7O10. The van der Waals surface area contributed by atoms with Gasteiger partial charge in [-0.2, -0.15) is 0 Å². The van der Waals surface area contributed by atoms with Crippen LogP contribution < -0.4 is 37.6 Å². The Morgan fingerprint density at radius 1 is 0.723 bits per heavy atom. The Hall–Kier alpha value is -4.28. The lowest BCUT2D eigenvalue weighted by Crippen LogP contribution is -2.61. The van der Waals surface area contributed by atoms with Gasteiger partial charge in [-0.3, -0.25) is 38.4 Å². The molecule has 2 fully saturated rings. The number of nitrogens with two attached hydrogens (primary N) is 1. The summed E-state index contributed by atoms with van der Waals surface area (Å²) in [5.41, 5.74) is 5.32. The minimum absolute atomic E-state index is 0.109. The van der Waals surface area contributed by atoms with Crippen molar-refractivity contribution in [1.29, 1.82) is 0 Å². The first-order valence-corrected chi connectivity index (χ1v) is 16.0. The summed E-state index contributed by atoms with van der Waals surface area (Å²) in [5, 5.41) is 34.5. The normalized spacial score (nSPS) is 29.3. The fourth-order valence-electron chi connectivity index (χ4n) is 5.63. The van der Waals surface area contributed by atoms with Gasteiger partial charge in [0.2, 0.25) is 41.4 Å². The third kappa shape index (κ3) is 11.8. The summed E-state index contributed by atoms with van der Waals surface area (Å²) in [5.74, 6) is -9.02. The quantitative estimate of drug-likeness (QED) is 0.125. The lowest BCUT2D eigenvalue weighted by atomic mass is 9.83. The Kier molecular flexibility index (Phi) is 15.0. The number of amides is 7. The molecule has 47 heavy (non-hydrogen) atoms. The zero-order valence-electron chi connectivity index (χ0n) is 27.3. The van der Waals surface area contributed by atoms with Crippen LogP contribution in [0.2, 0.25) is 0 Å². The number of primary amides is 1. The number of aliphatic hydroxyl groups is 1. The van der Waals surface area contributed by atoms with E-state index in [2.05, 4.69) is 31.9 Å². The van der Waals surface area contributed by atoms with Gasteiger partial charge in [-0.1, -0.05) is 47.0 Å². The Labute approximate surface area is 273 Å². The van der Waals surface area contributed by atoms with Crippen molar-refractivity contribution in [3.63, 3.8) is 0 Å². The van der Waals surface area contributed by atoms with Crippen LogP contribution in [0.15, 0.2) is 0 Å². The number of hydrogen-bond acceptors (Lipinski definition) is 9. The van der Waals surface area contributed by atoms with E-state index in [4.69, 9.17) is 5.73 Å². The average Bonchev–Trinajstić information content (AvgIpc) is 2.99. The van der Waals surface area contributed by atoms with Gasteiger partial charge in [0.15, 0.2) is 0 Å². The highest BCUT2D eigenvalue weighted by Gasteiger charge is 2.39. The first-order valence-electron chi connectivity index (χ1n) is 16.0. The number of carboxylic acid groups (broad SMARTS) is 1. The number of carbonyl (C=O) groups excluding carboxylic acids is 7. The molecule has 17 heteroatoms. The molecule has 10 N–H and O–H groups in total. The monoisotopic (exact) mass is 667 g/mol. The predicted octanol–water partition coefficient (Wildman–Crippen LogP) is -2.47. The van der Waals surface area contributed by atoms with Crippen LogP contribution in [0.4, 0.5) is 0 Å². The highest BCUT2D eigenvalue weighted by atomic mass is 16.4. The van der Waals surface area contributed by atoms with Gasteiger partial charge in [-0.15, -0.1) is 0 Å². The molecule has 8 atom stereocenters. The van der Waals surface area contributed by atoms with Crippen molar-refractivity contribution in [3.05, 3.63) is 0 Å². The summed E-state index contributed by atoms with van der Waals surface area (Å²) in [6.45, 7) is 6.08. The van der Waals surface area contributed by atoms with E-state index in [1.807, 2.05) is 13.8 Å². The number of hydrogen-bond donors (Lipinski definition) is 9. The molecule has 264 valence electrons. The number of aliphatic hydroxyl groups excluding tert-OH is 1. The largest absolute Gasteiger partial charge is 0.481 e. The molecule has 0 aromatic rings. The first kappa shape index (κ1) is 38.9. The molecule has 1 heterocycles. The lowest BCUT2D eigenvalue weighted by Gasteiger charge is -2.33. The minimum Gasteiger partial charge on any atom is -0.481 e. The maximum Gasteiger partial charge on any atom is 0.305 e. The second kappa shape index (κ2) is 18.2. The summed E-state index contributed by atoms with van der Waals surface area (Å²) in [6, 6.07) is -8.05. The van der Waals surface area contributed by atoms with Gasteiger partial charge in [0.05, 0.1) is 25.4 Å². The van der Waals surface area contributed by atoms with Gasteiger partial charge in [-0.25, -0.2) is 0 Å². The Bertz CT molecular complexity index is 1200. The molecule has 1 aliphatic carbocycles. The molecule has 2 aliphatic rings. The van der Waals surface area contributed by atoms with E-state index in [9.17, 15) is 48.6 Å². The molecule has 0 aromatic heterocycles. The van der Waals surface area contributed by atoms with Crippen LogP contribution in [0.25, 0.3) is 0 Å². The van der Waals surface area contributed by atoms with Gasteiger partial charge in [-0.05, 0) is 31.1 Å². The number of carboxylic acids is 1. The van der Waals surface area contributed by atoms with Crippen LogP contribution in [-0.4, -0.2) is 100 Å². The summed E-state index contributed by atoms with van der Waals surface area (Å²) in [4.78, 5) is 104. The van der Waals surface area contributed by atoms with Crippen LogP contribution >= 0.6 is 0 Å². The Morgan fingerprint density at radius 3 is 1.81 bits per heavy atom. The van der Waals surface area contributed by atoms with Crippen molar-refractivity contribution in [2.75, 3.05) is 6.61 Å². The topological polar surface area (TPSA) is 275 Å². The molecule has 1 saturated heterocycles. The fraction of sp³-hybridized carbons (Fsp3) is 0.733. The zero-order valence-corrected chi connectivity index (χ0v) is 27.3. The van der Waals surface area contributed by atoms with Crippen molar-refractivity contribution in [3.8, 4) is 0 Å². The maximum atomic E-state index is 13.6. The van der Waals surface area contributed by atoms with Gasteiger partial charge in [0.1, 0.15) is 30.2 Å². The van der Waals surface area contributed by atoms with E-state index in [0.29, 0.717) is 32.1 Å². The highest BCUT2D eigenvalue weighted by Crippen LogP contribution is 2.25. The summed E-state index contributed by atoms with van der Waals surface area (Å²) in [6.07, 6.45) is 0.985. The number of nitrogens with one attached hydrogen (secondary N) is 6. The Morgan fingerprint density at radius 2 is 1.23 bits per heavy atom. The lowest BCUT2D eigenvalue weighted by molar-refractivity contribution is -0.142. The summed E-state index contributed by atoms with van der Waals surface area (Å²) >= 11 is 0. The van der Waals surface area contributed by atoms with Gasteiger partial charge in [0.25, 0.3) is 0 Å². The van der Waals surface area contributed by atoms with Gasteiger partial charge < -0.3 is 47.8 Å². The van der Waals surface area contributed by atoms with Crippen LogP contribution in [0.5, 0.6) is 0 Å². The molecule has 1 aliphatic heterocycles. The van der Waals surface area contributed by atoms with E-state index in [1.54, 1.807) is 13.8 Å². The molecule has 17 nitrogen and oxygen atoms in total. The smallest absolute Gasteiger partial charge is 0.305 e. The highest BCUT2D eigenvalue weighted by molar-refractivity contribution is 5.99. The maximum absolute atomic E-state index is 13.6. The molecule has 4 unspecified atom stereocenters. The molecular weight excluding hydrogens is 618 g/mol. The van der Waals surface area contributed by atoms with Crippen LogP contribution in [0, 0.1) is 17.8 Å². The molecule has 1 saturated carbocycles. The average molecular weight is 668 g/mol. The van der Waals surface area contributed by atoms with E-state index >= 15 is 0 Å². The molecule has 0 radical (unpaired) electrons. The number of aliphatic carboxylic acids is 1. The molecule has 0 bridgehead atoms. The second-order valence-electron chi connectivity index (χ2n) is 12.7. The minimum atomic E-state index is -1.65. The third-order valence-electron chi connectivity index (χ3n) is 8.43. The van der Waals surface area contributed by atoms with Crippen molar-refractivity contribution >= 4 is 47.3 Å². The zero-order chi connectivity index (χ0) is 35.4. The van der Waals surface area contributed by atoms with Crippen molar-refractivity contribution in [2.45, 2.75) is 115 Å². The SMILES string of the molecule is CCC(C)C1NC(=O)C(CC(=O)O)NC(=O)[C@H](CC(C)C)NC(=O)[C@@H]2CCCC[C@@H]2NC(=O)[C@H](CO)NC(=O)C(CC(N)=O)NC1=O. The third-order valence-corrected chi connectivity index (χ3v) is 8.43. The van der Waals surface area contributed by atoms with Gasteiger partial charge >= 0.3 is 5.97 Å². The number of rotatable bonds is 9. The van der Waals surface area contributed by atoms with E-state index < -0.39 is 115 Å². The second-order valence-corrected chi connectivity index (χ2v) is 12.7. The van der Waals surface area contributed by atoms with E-state index in [1.165, 1.54) is 0 Å². The number of carbonyl (C=O) groups is 8. The van der Waals surface area contributed by atoms with Gasteiger partial charge in [0, 0.05) is 6.04 Å². The Balaban J connectivity index is 2.61. The standard InChI is InChI=1S/C30H49N7O10/c1-5-15(4)24-30(47)35-19(11-22(31)39)27(44)36-21(13-38)29(46)32-17-9-7-6-8-16(17)25(42)33-18(10-14(2)3)26(43)34-20(12-23(40)41)28(45)37-24/h14-21,24,38H,5-13H2,1-4H3,(H2,31,39)(H,32,46)(H,33,42)(H,34,43)(H,35,47)(H,36,44)(H,37,45)(H,40,41)/t15?,16-,17+,18+,19?,20?,21+,24?/m1/s1. The van der Waals surface area contributed by atoms with Crippen molar-refractivity contribution < 1.29 is 48.6 Å². The van der Waals surface area contributed by atoms with Crippen LogP contribution in [-0.2, 0) is 38.4 Å². The summed E-state index contributed by atoms with van der Waals surface area (Å²) in [7, 11) is 0. The predicted molar refractivity (Wildman–Crippen MR) is 166 cm³/mol. The van der Waals surface area contributed by atoms with E-state index in [0.717, 1.165) is 0 Å². The van der Waals surface area contributed by atoms with Crippen molar-refractivity contribution in [2.24, 2.45) is 23.5 Å². The molecule has 2 rings (SSSR count). The van der Waals surface area contributed by atoms with Crippen LogP contribution in [0.3, 0.4) is 0 Å². The number of fused-ring (bicyclic) bond motifs is 1. The molecule has 7 amide bonds. The molecule has 0 spiro atoms. The molecule has 0 aromatic carbocycles.